The van der Waals surface area contributed by atoms with Gasteiger partial charge in [0, 0.05) is 55.8 Å². The van der Waals surface area contributed by atoms with Gasteiger partial charge in [-0.15, -0.1) is 0 Å². The van der Waals surface area contributed by atoms with Crippen LogP contribution in [0, 0.1) is 13.8 Å². The second-order valence-electron chi connectivity index (χ2n) is 10.5. The zero-order chi connectivity index (χ0) is 29.1. The normalized spacial score (nSPS) is 14.7. The lowest BCUT2D eigenvalue weighted by molar-refractivity contribution is 0.102. The molecule has 3 aromatic carbocycles. The van der Waals surface area contributed by atoms with E-state index in [0.717, 1.165) is 66.9 Å². The number of rotatable bonds is 8. The maximum absolute atomic E-state index is 12.9. The van der Waals surface area contributed by atoms with Crippen LogP contribution in [-0.4, -0.2) is 53.7 Å². The molecule has 0 radical (unpaired) electrons. The third kappa shape index (κ3) is 6.81. The fourth-order valence-corrected chi connectivity index (χ4v) is 6.04. The number of carbonyl (C=O) groups excluding carboxylic acids is 1. The van der Waals surface area contributed by atoms with Gasteiger partial charge in [-0.25, -0.2) is 9.97 Å². The van der Waals surface area contributed by atoms with Crippen LogP contribution < -0.4 is 19.7 Å². The van der Waals surface area contributed by atoms with Crippen LogP contribution in [0.2, 0.25) is 5.15 Å². The molecule has 216 valence electrons. The Morgan fingerprint density at radius 3 is 2.57 bits per heavy atom. The average molecular weight is 602 g/mol. The molecule has 1 amide bonds. The Hall–Kier alpha value is -3.79. The number of amides is 1. The molecule has 3 heterocycles. The summed E-state index contributed by atoms with van der Waals surface area (Å²) in [5.74, 6) is 2.95. The number of ether oxygens (including phenoxy) is 2. The van der Waals surface area contributed by atoms with E-state index in [2.05, 4.69) is 39.2 Å². The Labute approximate surface area is 255 Å². The van der Waals surface area contributed by atoms with Crippen LogP contribution in [0.3, 0.4) is 0 Å². The lowest BCUT2D eigenvalue weighted by atomic mass is 10.1. The predicted octanol–water partition coefficient (Wildman–Crippen LogP) is 6.34. The molecule has 8 nitrogen and oxygen atoms in total. The highest BCUT2D eigenvalue weighted by atomic mass is 35.5. The molecule has 42 heavy (non-hydrogen) atoms. The Morgan fingerprint density at radius 2 is 1.74 bits per heavy atom. The van der Waals surface area contributed by atoms with Gasteiger partial charge >= 0.3 is 0 Å². The molecule has 1 N–H and O–H groups in total. The molecule has 2 aliphatic heterocycles. The SMILES string of the molecule is Cc1ccc(NC(=O)c2cccc(CSc3nc(Cl)cc(N4CCN(Cc5ccc6c(c5)OCO6)CC4)n3)c2)cc1C. The fourth-order valence-electron chi connectivity index (χ4n) is 5.02. The van der Waals surface area contributed by atoms with E-state index in [1.165, 1.54) is 22.9 Å². The lowest BCUT2D eigenvalue weighted by Gasteiger charge is -2.35. The molecule has 0 spiro atoms. The summed E-state index contributed by atoms with van der Waals surface area (Å²) in [7, 11) is 0. The molecule has 0 aliphatic carbocycles. The summed E-state index contributed by atoms with van der Waals surface area (Å²) in [6.07, 6.45) is 0. The van der Waals surface area contributed by atoms with Crippen LogP contribution in [0.5, 0.6) is 11.5 Å². The second kappa shape index (κ2) is 12.6. The van der Waals surface area contributed by atoms with Crippen LogP contribution in [0.15, 0.2) is 71.9 Å². The average Bonchev–Trinajstić information content (AvgIpc) is 3.46. The predicted molar refractivity (Wildman–Crippen MR) is 167 cm³/mol. The van der Waals surface area contributed by atoms with Crippen molar-refractivity contribution in [2.75, 3.05) is 43.2 Å². The van der Waals surface area contributed by atoms with Crippen molar-refractivity contribution in [3.8, 4) is 11.5 Å². The van der Waals surface area contributed by atoms with Crippen molar-refractivity contribution in [2.24, 2.45) is 0 Å². The lowest BCUT2D eigenvalue weighted by Crippen LogP contribution is -2.46. The first-order valence-corrected chi connectivity index (χ1v) is 15.3. The van der Waals surface area contributed by atoms with E-state index in [1.807, 2.05) is 61.5 Å². The van der Waals surface area contributed by atoms with Gasteiger partial charge < -0.3 is 19.7 Å². The Balaban J connectivity index is 1.04. The van der Waals surface area contributed by atoms with E-state index in [0.29, 0.717) is 21.6 Å². The minimum absolute atomic E-state index is 0.135. The van der Waals surface area contributed by atoms with Gasteiger partial charge in [-0.3, -0.25) is 9.69 Å². The highest BCUT2D eigenvalue weighted by molar-refractivity contribution is 7.98. The van der Waals surface area contributed by atoms with Crippen molar-refractivity contribution in [3.63, 3.8) is 0 Å². The van der Waals surface area contributed by atoms with E-state index >= 15 is 0 Å². The van der Waals surface area contributed by atoms with E-state index in [4.69, 9.17) is 26.1 Å². The molecule has 0 unspecified atom stereocenters. The number of aryl methyl sites for hydroxylation is 2. The smallest absolute Gasteiger partial charge is 0.255 e. The molecule has 1 fully saturated rings. The Kier molecular flexibility index (Phi) is 8.51. The highest BCUT2D eigenvalue weighted by Crippen LogP contribution is 2.33. The number of thioether (sulfide) groups is 1. The third-order valence-corrected chi connectivity index (χ3v) is 8.63. The first-order chi connectivity index (χ1) is 20.4. The van der Waals surface area contributed by atoms with Gasteiger partial charge in [0.15, 0.2) is 16.7 Å². The molecule has 6 rings (SSSR count). The van der Waals surface area contributed by atoms with Gasteiger partial charge in [0.25, 0.3) is 5.91 Å². The zero-order valence-corrected chi connectivity index (χ0v) is 25.2. The summed E-state index contributed by atoms with van der Waals surface area (Å²) in [5, 5.41) is 4.04. The standard InChI is InChI=1S/C32H32ClN5O3S/c1-21-6-8-26(14-22(21)2)34-31(39)25-5-3-4-24(15-25)19-42-32-35-29(33)17-30(36-32)38-12-10-37(11-13-38)18-23-7-9-27-28(16-23)41-20-40-27/h3-9,14-17H,10-13,18-20H2,1-2H3,(H,34,39). The summed E-state index contributed by atoms with van der Waals surface area (Å²) < 4.78 is 10.9. The summed E-state index contributed by atoms with van der Waals surface area (Å²) in [5.41, 5.74) is 5.95. The molecule has 1 saturated heterocycles. The molecule has 4 aromatic rings. The number of anilines is 2. The first kappa shape index (κ1) is 28.3. The van der Waals surface area contributed by atoms with Crippen molar-refractivity contribution in [3.05, 3.63) is 99.7 Å². The van der Waals surface area contributed by atoms with E-state index < -0.39 is 0 Å². The van der Waals surface area contributed by atoms with Gasteiger partial charge in [0.2, 0.25) is 6.79 Å². The summed E-state index contributed by atoms with van der Waals surface area (Å²) in [4.78, 5) is 26.8. The number of aromatic nitrogens is 2. The molecule has 0 saturated carbocycles. The zero-order valence-electron chi connectivity index (χ0n) is 23.6. The van der Waals surface area contributed by atoms with E-state index in [9.17, 15) is 4.79 Å². The first-order valence-electron chi connectivity index (χ1n) is 13.9. The quantitative estimate of drug-likeness (QED) is 0.142. The number of carbonyl (C=O) groups is 1. The number of nitrogens with one attached hydrogen (secondary N) is 1. The van der Waals surface area contributed by atoms with Crippen LogP contribution in [0.1, 0.15) is 32.6 Å². The maximum Gasteiger partial charge on any atom is 0.255 e. The van der Waals surface area contributed by atoms with Crippen LogP contribution in [0.25, 0.3) is 0 Å². The number of halogens is 1. The summed E-state index contributed by atoms with van der Waals surface area (Å²) >= 11 is 7.93. The van der Waals surface area contributed by atoms with Crippen LogP contribution in [0.4, 0.5) is 11.5 Å². The van der Waals surface area contributed by atoms with Gasteiger partial charge in [-0.05, 0) is 72.5 Å². The number of hydrogen-bond acceptors (Lipinski definition) is 8. The summed E-state index contributed by atoms with van der Waals surface area (Å²) in [6, 6.07) is 21.5. The maximum atomic E-state index is 12.9. The number of benzene rings is 3. The Morgan fingerprint density at radius 1 is 0.905 bits per heavy atom. The van der Waals surface area contributed by atoms with Crippen molar-refractivity contribution >= 4 is 40.8 Å². The number of hydrogen-bond donors (Lipinski definition) is 1. The number of fused-ring (bicyclic) bond motifs is 1. The second-order valence-corrected chi connectivity index (χ2v) is 11.9. The monoisotopic (exact) mass is 601 g/mol. The van der Waals surface area contributed by atoms with Gasteiger partial charge in [-0.1, -0.05) is 47.6 Å². The van der Waals surface area contributed by atoms with Crippen LogP contribution >= 0.6 is 23.4 Å². The molecular weight excluding hydrogens is 570 g/mol. The van der Waals surface area contributed by atoms with E-state index in [1.54, 1.807) is 0 Å². The fraction of sp³-hybridized carbons (Fsp3) is 0.281. The summed E-state index contributed by atoms with van der Waals surface area (Å²) in [6.45, 7) is 8.76. The molecule has 10 heteroatoms. The van der Waals surface area contributed by atoms with Crippen molar-refractivity contribution in [2.45, 2.75) is 31.3 Å². The largest absolute Gasteiger partial charge is 0.454 e. The minimum atomic E-state index is -0.135. The molecule has 0 atom stereocenters. The Bertz CT molecular complexity index is 1610. The van der Waals surface area contributed by atoms with Gasteiger partial charge in [-0.2, -0.15) is 0 Å². The molecule has 1 aromatic heterocycles. The molecule has 2 aliphatic rings. The van der Waals surface area contributed by atoms with E-state index in [-0.39, 0.29) is 12.7 Å². The number of piperazine rings is 1. The highest BCUT2D eigenvalue weighted by Gasteiger charge is 2.21. The van der Waals surface area contributed by atoms with Gasteiger partial charge in [0.1, 0.15) is 11.0 Å². The molecule has 0 bridgehead atoms. The topological polar surface area (TPSA) is 79.8 Å². The van der Waals surface area contributed by atoms with Crippen molar-refractivity contribution < 1.29 is 14.3 Å². The van der Waals surface area contributed by atoms with Crippen LogP contribution in [-0.2, 0) is 12.3 Å². The minimum Gasteiger partial charge on any atom is -0.454 e. The number of nitrogens with zero attached hydrogens (tertiary/aromatic N) is 4. The van der Waals surface area contributed by atoms with Crippen molar-refractivity contribution in [1.82, 2.24) is 14.9 Å². The third-order valence-electron chi connectivity index (χ3n) is 7.52. The van der Waals surface area contributed by atoms with Crippen molar-refractivity contribution in [1.29, 1.82) is 0 Å². The molecular formula is C32H32ClN5O3S. The van der Waals surface area contributed by atoms with Gasteiger partial charge in [0.05, 0.1) is 0 Å².